The van der Waals surface area contributed by atoms with Gasteiger partial charge in [-0.25, -0.2) is 13.2 Å². The van der Waals surface area contributed by atoms with Crippen LogP contribution in [0, 0.1) is 0 Å². The van der Waals surface area contributed by atoms with Crippen molar-refractivity contribution in [1.29, 1.82) is 0 Å². The lowest BCUT2D eigenvalue weighted by atomic mass is 10.1. The second-order valence-corrected chi connectivity index (χ2v) is 10.7. The Kier molecular flexibility index (Phi) is 7.80. The number of sulfone groups is 1. The Morgan fingerprint density at radius 1 is 1.00 bits per heavy atom. The van der Waals surface area contributed by atoms with Crippen molar-refractivity contribution < 1.29 is 28.2 Å². The molecule has 0 aliphatic carbocycles. The smallest absolute Gasteiger partial charge is 0.340 e. The minimum absolute atomic E-state index is 0.0994. The molecule has 0 aliphatic rings. The maximum absolute atomic E-state index is 13.2. The van der Waals surface area contributed by atoms with Gasteiger partial charge in [-0.1, -0.05) is 42.5 Å². The van der Waals surface area contributed by atoms with E-state index in [1.807, 2.05) is 42.5 Å². The molecule has 0 radical (unpaired) electrons. The number of nitrogens with two attached hydrogens (primary N) is 1. The Labute approximate surface area is 197 Å². The maximum atomic E-state index is 13.2. The van der Waals surface area contributed by atoms with Crippen molar-refractivity contribution >= 4 is 27.6 Å². The zero-order chi connectivity index (χ0) is 24.1. The Bertz CT molecular complexity index is 1180. The van der Waals surface area contributed by atoms with Crippen molar-refractivity contribution in [3.63, 3.8) is 0 Å². The van der Waals surface area contributed by atoms with Crippen LogP contribution < -0.4 is 10.5 Å². The molecule has 2 unspecified atom stereocenters. The quantitative estimate of drug-likeness (QED) is 0.371. The van der Waals surface area contributed by atoms with Crippen LogP contribution in [-0.4, -0.2) is 48.4 Å². The second kappa shape index (κ2) is 10.4. The van der Waals surface area contributed by atoms with Crippen LogP contribution in [0.15, 0.2) is 88.7 Å². The zero-order valence-electron chi connectivity index (χ0n) is 17.9. The molecule has 7 nitrogen and oxygen atoms in total. The van der Waals surface area contributed by atoms with Crippen LogP contribution in [0.25, 0.3) is 11.1 Å². The van der Waals surface area contributed by atoms with Gasteiger partial charge in [-0.2, -0.15) is 0 Å². The fraction of sp³-hybridized carbons (Fsp3) is 0.208. The SMILES string of the molecule is COc1ccc(-c2ccc(S(=O)(=O)C(N)(CC(O)CSc3ccccc3)C(=O)O)cc2)cc1. The van der Waals surface area contributed by atoms with Gasteiger partial charge in [0.1, 0.15) is 5.75 Å². The van der Waals surface area contributed by atoms with E-state index in [-0.39, 0.29) is 10.6 Å². The first kappa shape index (κ1) is 24.8. The number of thioether (sulfide) groups is 1. The minimum atomic E-state index is -4.50. The molecule has 3 rings (SSSR count). The number of hydrogen-bond acceptors (Lipinski definition) is 7. The van der Waals surface area contributed by atoms with Crippen LogP contribution in [0.5, 0.6) is 5.75 Å². The van der Waals surface area contributed by atoms with Gasteiger partial charge in [-0.05, 0) is 47.5 Å². The Balaban J connectivity index is 1.79. The van der Waals surface area contributed by atoms with Crippen LogP contribution in [0.3, 0.4) is 0 Å². The third-order valence-corrected chi connectivity index (χ3v) is 8.50. The summed E-state index contributed by atoms with van der Waals surface area (Å²) in [6.07, 6.45) is -1.89. The summed E-state index contributed by atoms with van der Waals surface area (Å²) in [6, 6.07) is 22.2. The van der Waals surface area contributed by atoms with Gasteiger partial charge < -0.3 is 20.7 Å². The summed E-state index contributed by atoms with van der Waals surface area (Å²) in [6.45, 7) is 0. The molecule has 0 saturated carbocycles. The number of methoxy groups -OCH3 is 1. The first-order valence-corrected chi connectivity index (χ1v) is 12.5. The summed E-state index contributed by atoms with van der Waals surface area (Å²) in [5.41, 5.74) is 7.51. The molecule has 9 heteroatoms. The summed E-state index contributed by atoms with van der Waals surface area (Å²) >= 11 is 1.29. The number of aliphatic hydroxyl groups excluding tert-OH is 1. The fourth-order valence-electron chi connectivity index (χ4n) is 3.25. The molecule has 0 saturated heterocycles. The van der Waals surface area contributed by atoms with Crippen molar-refractivity contribution in [3.8, 4) is 16.9 Å². The van der Waals surface area contributed by atoms with Crippen LogP contribution in [0.1, 0.15) is 6.42 Å². The standard InChI is InChI=1S/C24H25NO6S2/c1-31-20-11-7-17(8-12-20)18-9-13-22(14-10-18)33(29,30)24(25,23(27)28)15-19(26)16-32-21-5-3-2-4-6-21/h2-14,19,26H,15-16,25H2,1H3,(H,27,28). The summed E-state index contributed by atoms with van der Waals surface area (Å²) in [5.74, 6) is -0.927. The molecule has 3 aromatic carbocycles. The van der Waals surface area contributed by atoms with E-state index in [0.29, 0.717) is 5.75 Å². The zero-order valence-corrected chi connectivity index (χ0v) is 19.6. The van der Waals surface area contributed by atoms with Crippen molar-refractivity contribution in [3.05, 3.63) is 78.9 Å². The van der Waals surface area contributed by atoms with E-state index in [4.69, 9.17) is 10.5 Å². The Morgan fingerprint density at radius 2 is 1.55 bits per heavy atom. The second-order valence-electron chi connectivity index (χ2n) is 7.43. The van der Waals surface area contributed by atoms with E-state index in [1.54, 1.807) is 31.4 Å². The predicted molar refractivity (Wildman–Crippen MR) is 128 cm³/mol. The number of benzene rings is 3. The molecule has 3 aromatic rings. The molecule has 0 aliphatic heterocycles. The Hall–Kier alpha value is -2.85. The molecule has 174 valence electrons. The monoisotopic (exact) mass is 487 g/mol. The van der Waals surface area contributed by atoms with Crippen molar-refractivity contribution in [2.24, 2.45) is 5.73 Å². The molecule has 0 aromatic heterocycles. The van der Waals surface area contributed by atoms with E-state index >= 15 is 0 Å². The van der Waals surface area contributed by atoms with E-state index in [9.17, 15) is 23.4 Å². The molecule has 0 amide bonds. The molecule has 4 N–H and O–H groups in total. The normalized spacial score (nSPS) is 14.3. The lowest BCUT2D eigenvalue weighted by Gasteiger charge is -2.27. The first-order chi connectivity index (χ1) is 15.7. The van der Waals surface area contributed by atoms with Crippen LogP contribution in [0.4, 0.5) is 0 Å². The lowest BCUT2D eigenvalue weighted by Crippen LogP contribution is -2.56. The highest BCUT2D eigenvalue weighted by Gasteiger charge is 2.49. The van der Waals surface area contributed by atoms with Crippen molar-refractivity contribution in [2.45, 2.75) is 27.2 Å². The van der Waals surface area contributed by atoms with E-state index in [0.717, 1.165) is 16.0 Å². The van der Waals surface area contributed by atoms with Crippen LogP contribution in [-0.2, 0) is 14.6 Å². The molecular formula is C24H25NO6S2. The van der Waals surface area contributed by atoms with Gasteiger partial charge in [0.15, 0.2) is 0 Å². The molecular weight excluding hydrogens is 462 g/mol. The van der Waals surface area contributed by atoms with Gasteiger partial charge in [-0.3, -0.25) is 0 Å². The van der Waals surface area contributed by atoms with Crippen molar-refractivity contribution in [1.82, 2.24) is 0 Å². The summed E-state index contributed by atoms with van der Waals surface area (Å²) < 4.78 is 31.5. The van der Waals surface area contributed by atoms with Gasteiger partial charge >= 0.3 is 5.97 Å². The average Bonchev–Trinajstić information content (AvgIpc) is 2.83. The largest absolute Gasteiger partial charge is 0.497 e. The molecule has 0 heterocycles. The molecule has 0 fully saturated rings. The number of aliphatic hydroxyl groups is 1. The minimum Gasteiger partial charge on any atom is -0.497 e. The van der Waals surface area contributed by atoms with Crippen molar-refractivity contribution in [2.75, 3.05) is 12.9 Å². The number of carboxylic acids is 1. The predicted octanol–water partition coefficient (Wildman–Crippen LogP) is 3.42. The third-order valence-electron chi connectivity index (χ3n) is 5.15. The van der Waals surface area contributed by atoms with E-state index < -0.39 is 33.2 Å². The fourth-order valence-corrected chi connectivity index (χ4v) is 5.66. The van der Waals surface area contributed by atoms with Gasteiger partial charge in [0.05, 0.1) is 18.1 Å². The molecule has 2 atom stereocenters. The number of carboxylic acid groups (broad SMARTS) is 1. The number of hydrogen-bond donors (Lipinski definition) is 3. The summed E-state index contributed by atoms with van der Waals surface area (Å²) in [5, 5.41) is 20.1. The lowest BCUT2D eigenvalue weighted by molar-refractivity contribution is -0.140. The average molecular weight is 488 g/mol. The molecule has 0 spiro atoms. The molecule has 0 bridgehead atoms. The number of rotatable bonds is 10. The topological polar surface area (TPSA) is 127 Å². The first-order valence-electron chi connectivity index (χ1n) is 10.0. The van der Waals surface area contributed by atoms with Crippen LogP contribution in [0.2, 0.25) is 0 Å². The van der Waals surface area contributed by atoms with Gasteiger partial charge in [0.25, 0.3) is 0 Å². The highest BCUT2D eigenvalue weighted by atomic mass is 32.2. The summed E-state index contributed by atoms with van der Waals surface area (Å²) in [7, 11) is -2.94. The Morgan fingerprint density at radius 3 is 2.06 bits per heavy atom. The highest BCUT2D eigenvalue weighted by Crippen LogP contribution is 2.30. The van der Waals surface area contributed by atoms with E-state index in [2.05, 4.69) is 0 Å². The van der Waals surface area contributed by atoms with E-state index in [1.165, 1.54) is 23.9 Å². The van der Waals surface area contributed by atoms with Gasteiger partial charge in [0, 0.05) is 17.1 Å². The maximum Gasteiger partial charge on any atom is 0.340 e. The van der Waals surface area contributed by atoms with Crippen LogP contribution >= 0.6 is 11.8 Å². The van der Waals surface area contributed by atoms with Gasteiger partial charge in [0.2, 0.25) is 14.7 Å². The highest BCUT2D eigenvalue weighted by molar-refractivity contribution is 7.99. The summed E-state index contributed by atoms with van der Waals surface area (Å²) in [4.78, 5) is 9.93. The third kappa shape index (κ3) is 5.56. The molecule has 33 heavy (non-hydrogen) atoms. The number of aliphatic carboxylic acids is 1. The number of ether oxygens (including phenoxy) is 1. The number of carbonyl (C=O) groups is 1. The van der Waals surface area contributed by atoms with Gasteiger partial charge in [-0.15, -0.1) is 11.8 Å².